The zero-order chi connectivity index (χ0) is 31.4. The second kappa shape index (κ2) is 10.8. The summed E-state index contributed by atoms with van der Waals surface area (Å²) in [7, 11) is 0. The predicted octanol–water partition coefficient (Wildman–Crippen LogP) is 6.33. The molecule has 2 N–H and O–H groups in total. The molecule has 2 heterocycles. The monoisotopic (exact) mass is 618 g/mol. The molecule has 1 atom stereocenters. The maximum atomic E-state index is 14.0. The van der Waals surface area contributed by atoms with Crippen molar-refractivity contribution >= 4 is 5.91 Å². The molecule has 228 valence electrons. The lowest BCUT2D eigenvalue weighted by atomic mass is 9.98. The van der Waals surface area contributed by atoms with E-state index in [1.807, 2.05) is 0 Å². The Balaban J connectivity index is 1.68. The van der Waals surface area contributed by atoms with Gasteiger partial charge >= 0.3 is 18.5 Å². The maximum absolute atomic E-state index is 14.0. The first-order valence-corrected chi connectivity index (χ1v) is 11.9. The summed E-state index contributed by atoms with van der Waals surface area (Å²) in [4.78, 5) is 17.2. The molecule has 2 aromatic carbocycles. The van der Waals surface area contributed by atoms with Crippen LogP contribution in [0.25, 0.3) is 11.3 Å². The van der Waals surface area contributed by atoms with Gasteiger partial charge in [0.2, 0.25) is 11.7 Å². The molecule has 5 nitrogen and oxygen atoms in total. The van der Waals surface area contributed by atoms with Crippen molar-refractivity contribution < 1.29 is 57.5 Å². The van der Waals surface area contributed by atoms with Crippen LogP contribution in [0.15, 0.2) is 30.3 Å². The minimum Gasteiger partial charge on any atom is -0.335 e. The Morgan fingerprint density at radius 3 is 2.10 bits per heavy atom. The first kappa shape index (κ1) is 31.2. The molecule has 1 aliphatic rings. The predicted molar refractivity (Wildman–Crippen MR) is 121 cm³/mol. The van der Waals surface area contributed by atoms with E-state index in [0.29, 0.717) is 16.7 Å². The molecule has 0 radical (unpaired) electrons. The summed E-state index contributed by atoms with van der Waals surface area (Å²) in [6.45, 7) is -1.68. The van der Waals surface area contributed by atoms with Crippen molar-refractivity contribution in [2.75, 3.05) is 6.54 Å². The fourth-order valence-electron chi connectivity index (χ4n) is 4.60. The molecule has 0 fully saturated rings. The van der Waals surface area contributed by atoms with Crippen molar-refractivity contribution in [1.82, 2.24) is 14.5 Å². The van der Waals surface area contributed by atoms with E-state index in [-0.39, 0.29) is 30.3 Å². The molecule has 0 unspecified atom stereocenters. The van der Waals surface area contributed by atoms with Gasteiger partial charge in [-0.15, -0.1) is 0 Å². The third-order valence-electron chi connectivity index (χ3n) is 6.53. The van der Waals surface area contributed by atoms with Gasteiger partial charge in [-0.2, -0.15) is 39.5 Å². The van der Waals surface area contributed by atoms with Crippen LogP contribution in [-0.2, 0) is 42.8 Å². The Hall–Kier alpha value is -3.76. The summed E-state index contributed by atoms with van der Waals surface area (Å²) in [5, 5.41) is 0. The molecule has 3 aromatic rings. The first-order valence-electron chi connectivity index (χ1n) is 11.9. The summed E-state index contributed by atoms with van der Waals surface area (Å²) in [6, 6.07) is 0.0355. The molecular weight excluding hydrogens is 600 g/mol. The second-order valence-corrected chi connectivity index (χ2v) is 9.48. The molecule has 0 aliphatic carbocycles. The number of hydrogen-bond acceptors (Lipinski definition) is 3. The zero-order valence-electron chi connectivity index (χ0n) is 20.9. The lowest BCUT2D eigenvalue weighted by Crippen LogP contribution is -2.42. The van der Waals surface area contributed by atoms with Gasteiger partial charge in [-0.05, 0) is 30.2 Å². The molecule has 4 rings (SSSR count). The fraction of sp³-hybridized carbons (Fsp3) is 0.360. The van der Waals surface area contributed by atoms with Crippen molar-refractivity contribution in [1.29, 1.82) is 0 Å². The van der Waals surface area contributed by atoms with Crippen LogP contribution >= 0.6 is 0 Å². The summed E-state index contributed by atoms with van der Waals surface area (Å²) in [6.07, 6.45) is -16.8. The van der Waals surface area contributed by atoms with Crippen molar-refractivity contribution in [2.24, 2.45) is 5.73 Å². The Kier molecular flexibility index (Phi) is 8.03. The number of fused-ring (bicyclic) bond motifs is 1. The van der Waals surface area contributed by atoms with E-state index in [2.05, 4.69) is 4.98 Å². The number of aromatic nitrogens is 2. The standard InChI is InChI=1S/C25H18F12N4O/c26-16-9-18(28)17(27)6-11(16)5-13(38)8-20(42)40-3-4-41-19(10-40)21(39-22(41)25(35,36)37)14-2-1-12(23(29,30)31)7-15(14)24(32,33)34/h1-2,6-7,9,13H,3-5,8,10,38H2/t13-/m1/s1. The molecule has 1 aliphatic heterocycles. The van der Waals surface area contributed by atoms with Gasteiger partial charge < -0.3 is 15.2 Å². The van der Waals surface area contributed by atoms with Crippen LogP contribution in [-0.4, -0.2) is 32.9 Å². The van der Waals surface area contributed by atoms with Crippen LogP contribution in [0, 0.1) is 17.5 Å². The van der Waals surface area contributed by atoms with Gasteiger partial charge in [-0.3, -0.25) is 4.79 Å². The van der Waals surface area contributed by atoms with E-state index in [4.69, 9.17) is 5.73 Å². The fourth-order valence-corrected chi connectivity index (χ4v) is 4.60. The molecule has 0 saturated heterocycles. The van der Waals surface area contributed by atoms with Crippen LogP contribution in [0.3, 0.4) is 0 Å². The first-order chi connectivity index (χ1) is 19.3. The van der Waals surface area contributed by atoms with Crippen molar-refractivity contribution in [3.05, 3.63) is 76.0 Å². The molecule has 42 heavy (non-hydrogen) atoms. The Labute approximate surface area is 228 Å². The van der Waals surface area contributed by atoms with Crippen LogP contribution in [0.5, 0.6) is 0 Å². The molecule has 1 amide bonds. The number of carbonyl (C=O) groups is 1. The highest BCUT2D eigenvalue weighted by Gasteiger charge is 2.44. The highest BCUT2D eigenvalue weighted by molar-refractivity contribution is 5.77. The minimum atomic E-state index is -5.42. The summed E-state index contributed by atoms with van der Waals surface area (Å²) in [5.74, 6) is -6.40. The van der Waals surface area contributed by atoms with Crippen LogP contribution in [0.2, 0.25) is 0 Å². The second-order valence-electron chi connectivity index (χ2n) is 9.48. The van der Waals surface area contributed by atoms with Gasteiger partial charge in [0.1, 0.15) is 5.82 Å². The molecule has 17 heteroatoms. The number of nitrogens with two attached hydrogens (primary N) is 1. The Bertz CT molecular complexity index is 1510. The Morgan fingerprint density at radius 1 is 0.857 bits per heavy atom. The van der Waals surface area contributed by atoms with Crippen LogP contribution in [0.1, 0.15) is 34.6 Å². The number of halogens is 12. The number of imidazole rings is 1. The van der Waals surface area contributed by atoms with Gasteiger partial charge in [0.05, 0.1) is 29.1 Å². The summed E-state index contributed by atoms with van der Waals surface area (Å²) in [5.41, 5.74) is -0.582. The quantitative estimate of drug-likeness (QED) is 0.269. The zero-order valence-corrected chi connectivity index (χ0v) is 20.9. The maximum Gasteiger partial charge on any atom is 0.449 e. The highest BCUT2D eigenvalue weighted by atomic mass is 19.4. The van der Waals surface area contributed by atoms with Crippen molar-refractivity contribution in [3.63, 3.8) is 0 Å². The third kappa shape index (κ3) is 6.34. The number of amides is 1. The number of nitrogens with zero attached hydrogens (tertiary/aromatic N) is 3. The van der Waals surface area contributed by atoms with Gasteiger partial charge in [-0.1, -0.05) is 6.07 Å². The van der Waals surface area contributed by atoms with E-state index >= 15 is 0 Å². The summed E-state index contributed by atoms with van der Waals surface area (Å²) < 4.78 is 163. The molecular formula is C25H18F12N4O. The van der Waals surface area contributed by atoms with Crippen LogP contribution < -0.4 is 5.73 Å². The van der Waals surface area contributed by atoms with E-state index in [1.54, 1.807) is 0 Å². The number of alkyl halides is 9. The molecule has 0 bridgehead atoms. The van der Waals surface area contributed by atoms with Gasteiger partial charge in [-0.25, -0.2) is 18.2 Å². The summed E-state index contributed by atoms with van der Waals surface area (Å²) >= 11 is 0. The lowest BCUT2D eigenvalue weighted by Gasteiger charge is -2.30. The average molecular weight is 618 g/mol. The normalized spacial score (nSPS) is 15.1. The smallest absolute Gasteiger partial charge is 0.335 e. The van der Waals surface area contributed by atoms with E-state index < -0.39 is 108 Å². The number of rotatable bonds is 5. The largest absolute Gasteiger partial charge is 0.449 e. The van der Waals surface area contributed by atoms with Crippen molar-refractivity contribution in [3.8, 4) is 11.3 Å². The number of carbonyl (C=O) groups excluding carboxylic acids is 1. The van der Waals surface area contributed by atoms with E-state index in [0.717, 1.165) is 4.90 Å². The highest BCUT2D eigenvalue weighted by Crippen LogP contribution is 2.43. The van der Waals surface area contributed by atoms with E-state index in [1.165, 1.54) is 0 Å². The lowest BCUT2D eigenvalue weighted by molar-refractivity contribution is -0.148. The topological polar surface area (TPSA) is 64.2 Å². The van der Waals surface area contributed by atoms with Gasteiger partial charge in [0, 0.05) is 37.2 Å². The minimum absolute atomic E-state index is 0.240. The van der Waals surface area contributed by atoms with E-state index in [9.17, 15) is 57.5 Å². The van der Waals surface area contributed by atoms with Gasteiger partial charge in [0.15, 0.2) is 11.6 Å². The number of benzene rings is 2. The third-order valence-corrected chi connectivity index (χ3v) is 6.53. The van der Waals surface area contributed by atoms with Crippen molar-refractivity contribution in [2.45, 2.75) is 50.5 Å². The number of hydrogen-bond donors (Lipinski definition) is 1. The van der Waals surface area contributed by atoms with Crippen LogP contribution in [0.4, 0.5) is 52.7 Å². The Morgan fingerprint density at radius 2 is 1.50 bits per heavy atom. The average Bonchev–Trinajstić information content (AvgIpc) is 3.25. The molecule has 1 aromatic heterocycles. The SMILES string of the molecule is N[C@@H](CC(=O)N1CCn2c(C(F)(F)F)nc(-c3ccc(C(F)(F)F)cc3C(F)(F)F)c2C1)Cc1cc(F)c(F)cc1F. The molecule has 0 saturated carbocycles. The molecule has 0 spiro atoms. The van der Waals surface area contributed by atoms with Gasteiger partial charge in [0.25, 0.3) is 0 Å².